The number of aliphatic carboxylic acids is 4. The van der Waals surface area contributed by atoms with Crippen LogP contribution in [0.15, 0.2) is 46.6 Å². The van der Waals surface area contributed by atoms with Crippen molar-refractivity contribution in [2.24, 2.45) is 227 Å². The van der Waals surface area contributed by atoms with Crippen LogP contribution in [0.25, 0.3) is 0 Å². The molecular weight excluding hydrogens is 1680 g/mol. The fraction of sp³-hybridized carbons (Fsp3) is 0.900. The molecule has 0 aliphatic heterocycles. The van der Waals surface area contributed by atoms with Crippen LogP contribution in [0.1, 0.15) is 419 Å². The van der Waals surface area contributed by atoms with Gasteiger partial charge in [-0.3, -0.25) is 19.2 Å². The van der Waals surface area contributed by atoms with Crippen molar-refractivity contribution in [3.8, 4) is 0 Å². The summed E-state index contributed by atoms with van der Waals surface area (Å²) in [5, 5.41) is 63.6. The maximum absolute atomic E-state index is 16.8. The van der Waals surface area contributed by atoms with E-state index < -0.39 is 86.2 Å². The Kier molecular flexibility index (Phi) is 24.5. The summed E-state index contributed by atoms with van der Waals surface area (Å²) in [5.74, 6) is 2.08. The second-order valence-electron chi connectivity index (χ2n) is 58.0. The lowest BCUT2D eigenvalue weighted by Gasteiger charge is -2.71. The quantitative estimate of drug-likeness (QED) is 0.117. The zero-order valence-electron chi connectivity index (χ0n) is 89.2. The molecule has 0 bridgehead atoms. The van der Waals surface area contributed by atoms with E-state index in [-0.39, 0.29) is 124 Å². The Labute approximate surface area is 808 Å². The van der Waals surface area contributed by atoms with Crippen molar-refractivity contribution in [3.05, 3.63) is 46.6 Å². The van der Waals surface area contributed by atoms with Crippen molar-refractivity contribution < 1.29 is 67.4 Å². The number of hydrogen-bond acceptors (Lipinski definition) is 6. The summed E-state index contributed by atoms with van der Waals surface area (Å²) in [6.45, 7) is 64.5. The van der Waals surface area contributed by atoms with Gasteiger partial charge < -0.3 is 30.6 Å². The third-order valence-corrected chi connectivity index (χ3v) is 53.5. The number of hydrogen-bond donors (Lipinski definition) is 6. The van der Waals surface area contributed by atoms with Crippen LogP contribution in [0.3, 0.4) is 0 Å². The first-order valence-corrected chi connectivity index (χ1v) is 55.5. The Bertz CT molecular complexity index is 4740. The molecule has 10 nitrogen and oxygen atoms in total. The number of allylic oxidation sites excluding steroid dienone is 8. The zero-order valence-corrected chi connectivity index (χ0v) is 89.2. The van der Waals surface area contributed by atoms with Crippen molar-refractivity contribution >= 4 is 23.9 Å². The lowest BCUT2D eigenvalue weighted by atomic mass is 9.33. The SMILES string of the molecule is CC1CCC2(C(=O)O)CCC3(C)C(=CCC4C5(C)CCC(F)C(C)(C)C5CCC43C)C2C1C.CC1CCC2(C(=O)O)CCC3(C)C(=CCC4C5(C)CCC(O)(F)C(C)(C)C5CCC43C)C2C1C.CC1CCC2(C(=O)O)CCC3(C)C(=CCC4C5(C)CCC(O)C(C)(C)C5CC(F)C43C)C2C1C.CC1CCC2(C(=O)O)CCC3(C)C(=CCC4C5(C)CCCC(C)(C)C5CC(F)C43C)C2C1C. The van der Waals surface area contributed by atoms with Crippen LogP contribution in [-0.2, 0) is 19.2 Å². The number of halogens is 4. The van der Waals surface area contributed by atoms with Gasteiger partial charge in [-0.1, -0.05) is 247 Å². The average molecular weight is 1870 g/mol. The Balaban J connectivity index is 0.000000124. The number of rotatable bonds is 4. The number of carboxylic acid groups (broad SMARTS) is 4. The van der Waals surface area contributed by atoms with Crippen LogP contribution >= 0.6 is 0 Å². The number of carboxylic acids is 4. The van der Waals surface area contributed by atoms with E-state index in [1.807, 2.05) is 13.8 Å². The summed E-state index contributed by atoms with van der Waals surface area (Å²) < 4.78 is 63.9. The first kappa shape index (κ1) is 102. The molecule has 0 amide bonds. The van der Waals surface area contributed by atoms with Gasteiger partial charge in [-0.05, 0) is 401 Å². The number of aliphatic hydroxyl groups is 2. The molecule has 0 aromatic carbocycles. The molecule has 20 aliphatic carbocycles. The van der Waals surface area contributed by atoms with Gasteiger partial charge in [0.05, 0.1) is 27.8 Å². The van der Waals surface area contributed by atoms with Gasteiger partial charge >= 0.3 is 23.9 Å². The minimum Gasteiger partial charge on any atom is -0.481 e. The molecule has 20 aliphatic rings. The number of alkyl halides is 4. The van der Waals surface area contributed by atoms with Crippen LogP contribution in [-0.4, -0.2) is 85.0 Å². The summed E-state index contributed by atoms with van der Waals surface area (Å²) in [6.07, 6.45) is 37.9. The summed E-state index contributed by atoms with van der Waals surface area (Å²) >= 11 is 0. The molecule has 41 atom stereocenters. The van der Waals surface area contributed by atoms with Crippen molar-refractivity contribution in [2.75, 3.05) is 0 Å². The van der Waals surface area contributed by atoms with E-state index in [9.17, 15) is 49.8 Å². The molecule has 0 saturated heterocycles. The Morgan fingerprint density at radius 3 is 0.993 bits per heavy atom. The molecule has 41 unspecified atom stereocenters. The van der Waals surface area contributed by atoms with Gasteiger partial charge in [0.15, 0.2) is 0 Å². The lowest BCUT2D eigenvalue weighted by Crippen LogP contribution is -2.68. The van der Waals surface area contributed by atoms with E-state index in [4.69, 9.17) is 0 Å². The van der Waals surface area contributed by atoms with E-state index in [1.165, 1.54) is 41.6 Å². The Morgan fingerprint density at radius 1 is 0.306 bits per heavy atom. The maximum Gasteiger partial charge on any atom is 0.310 e. The summed E-state index contributed by atoms with van der Waals surface area (Å²) in [4.78, 5) is 51.1. The first-order valence-electron chi connectivity index (χ1n) is 55.5. The van der Waals surface area contributed by atoms with Gasteiger partial charge in [-0.15, -0.1) is 0 Å². The molecular formula is C120H188F4O10. The molecule has 0 heterocycles. The highest BCUT2D eigenvalue weighted by Gasteiger charge is 2.79. The topological polar surface area (TPSA) is 190 Å². The highest BCUT2D eigenvalue weighted by Crippen LogP contribution is 2.83. The molecule has 14 heteroatoms. The van der Waals surface area contributed by atoms with E-state index in [0.29, 0.717) is 109 Å². The molecule has 134 heavy (non-hydrogen) atoms. The third-order valence-electron chi connectivity index (χ3n) is 53.5. The first-order chi connectivity index (χ1) is 61.8. The summed E-state index contributed by atoms with van der Waals surface area (Å²) in [6, 6.07) is 0. The van der Waals surface area contributed by atoms with Crippen LogP contribution in [0, 0.1) is 227 Å². The number of aliphatic hydroxyl groups excluding tert-OH is 1. The number of carbonyl (C=O) groups is 4. The standard InChI is InChI=1S/2C30H47FO3.2C30H47FO2/c1-18-10-13-29(24(32)33)16-15-27(6)20(23(29)19(18)2)8-9-22-26(5)14-17-30(31,34)25(3,4)21(26)11-12-28(22,27)7;1-17-10-13-30(25(33)34)15-14-28(6)19(24(30)18(17)2)8-9-20-27(5)12-11-23(32)26(3,4)21(27)16-22(31)29(20,28)7;1-18-11-14-30(25(32)33)16-15-28(6)20(24(30)19(18)2)9-10-21-27(5)13-8-12-26(3,4)22(27)17-23(31)29(21,28)7;1-18-10-15-30(25(32)33)17-16-28(6)20(24(30)19(18)2)8-9-22-27(5)13-12-23(31)26(3,4)21(27)11-14-29(22,28)7/h8,18-19,21-23,34H,9-17H2,1-7H3,(H,32,33);8,17-18,20-24,32H,9-16H2,1-7H3,(H,33,34);9,18-19,21-24H,8,10-17H2,1-7H3,(H,32,33);8,18-19,21-24H,9-17H2,1-7H3,(H,32,33). The molecule has 0 aromatic heterocycles. The van der Waals surface area contributed by atoms with Crippen molar-refractivity contribution in [1.29, 1.82) is 0 Å². The van der Waals surface area contributed by atoms with Gasteiger partial charge in [-0.25, -0.2) is 17.6 Å². The van der Waals surface area contributed by atoms with Crippen LogP contribution in [0.2, 0.25) is 0 Å². The van der Waals surface area contributed by atoms with Gasteiger partial charge in [0.2, 0.25) is 5.85 Å². The van der Waals surface area contributed by atoms with Gasteiger partial charge in [0.1, 0.15) is 18.5 Å². The summed E-state index contributed by atoms with van der Waals surface area (Å²) in [7, 11) is 0. The normalized spacial score (nSPS) is 55.8. The zero-order chi connectivity index (χ0) is 98.6. The van der Waals surface area contributed by atoms with Crippen molar-refractivity contribution in [2.45, 2.75) is 449 Å². The van der Waals surface area contributed by atoms with Crippen molar-refractivity contribution in [1.82, 2.24) is 0 Å². The highest BCUT2D eigenvalue weighted by atomic mass is 19.2. The molecule has 756 valence electrons. The van der Waals surface area contributed by atoms with Gasteiger partial charge in [-0.2, -0.15) is 0 Å². The second-order valence-corrected chi connectivity index (χ2v) is 58.0. The minimum absolute atomic E-state index is 0.00706. The highest BCUT2D eigenvalue weighted by molar-refractivity contribution is 5.79. The average Bonchev–Trinajstić information content (AvgIpc) is 0.675. The molecule has 16 saturated carbocycles. The summed E-state index contributed by atoms with van der Waals surface area (Å²) in [5.41, 5.74) is 0.957. The van der Waals surface area contributed by atoms with Crippen LogP contribution < -0.4 is 0 Å². The second kappa shape index (κ2) is 32.2. The van der Waals surface area contributed by atoms with Crippen LogP contribution in [0.4, 0.5) is 17.6 Å². The Morgan fingerprint density at radius 2 is 0.619 bits per heavy atom. The van der Waals surface area contributed by atoms with E-state index >= 15 is 17.6 Å². The van der Waals surface area contributed by atoms with E-state index in [2.05, 4.69) is 204 Å². The number of fused-ring (bicyclic) bond motifs is 28. The molecule has 0 spiro atoms. The van der Waals surface area contributed by atoms with Crippen LogP contribution in [0.5, 0.6) is 0 Å². The predicted octanol–water partition coefficient (Wildman–Crippen LogP) is 30.6. The third kappa shape index (κ3) is 13.0. The molecule has 0 aromatic rings. The molecule has 16 fully saturated rings. The molecule has 0 radical (unpaired) electrons. The maximum atomic E-state index is 16.8. The predicted molar refractivity (Wildman–Crippen MR) is 529 cm³/mol. The van der Waals surface area contributed by atoms with E-state index in [0.717, 1.165) is 167 Å². The van der Waals surface area contributed by atoms with Gasteiger partial charge in [0.25, 0.3) is 0 Å². The minimum atomic E-state index is -2.11. The lowest BCUT2D eigenvalue weighted by molar-refractivity contribution is -0.279. The van der Waals surface area contributed by atoms with Gasteiger partial charge in [0, 0.05) is 22.7 Å². The smallest absolute Gasteiger partial charge is 0.310 e. The van der Waals surface area contributed by atoms with Crippen molar-refractivity contribution in [3.63, 3.8) is 0 Å². The largest absolute Gasteiger partial charge is 0.481 e. The monoisotopic (exact) mass is 1870 g/mol. The molecule has 20 rings (SSSR count). The van der Waals surface area contributed by atoms with E-state index in [1.54, 1.807) is 0 Å². The fourth-order valence-corrected chi connectivity index (χ4v) is 43.2. The Hall–Kier alpha value is -3.52. The molecule has 6 N–H and O–H groups in total. The fourth-order valence-electron chi connectivity index (χ4n) is 43.2.